The van der Waals surface area contributed by atoms with Gasteiger partial charge in [-0.05, 0) is 41.0 Å². The first-order valence-corrected chi connectivity index (χ1v) is 16.1. The molecule has 5 rings (SSSR count). The second kappa shape index (κ2) is 16.2. The monoisotopic (exact) mass is 656 g/mol. The highest BCUT2D eigenvalue weighted by Crippen LogP contribution is 2.40. The number of thioether (sulfide) groups is 1. The number of amides is 2. The summed E-state index contributed by atoms with van der Waals surface area (Å²) in [5.41, 5.74) is 4.07. The number of anilines is 1. The lowest BCUT2D eigenvalue weighted by atomic mass is 10.0. The summed E-state index contributed by atoms with van der Waals surface area (Å²) >= 11 is 1.42. The van der Waals surface area contributed by atoms with Gasteiger partial charge in [-0.2, -0.15) is 0 Å². The molecule has 11 heteroatoms. The lowest BCUT2D eigenvalue weighted by molar-refractivity contribution is -0.245. The summed E-state index contributed by atoms with van der Waals surface area (Å²) < 4.78 is 17.7. The summed E-state index contributed by atoms with van der Waals surface area (Å²) in [7, 11) is 1.28. The van der Waals surface area contributed by atoms with Gasteiger partial charge in [0.2, 0.25) is 0 Å². The molecule has 4 N–H and O–H groups in total. The number of ether oxygens (including phenoxy) is 3. The third-order valence-corrected chi connectivity index (χ3v) is 8.88. The van der Waals surface area contributed by atoms with Crippen LogP contribution in [0.1, 0.15) is 51.4 Å². The zero-order valence-corrected chi connectivity index (χ0v) is 26.5. The summed E-state index contributed by atoms with van der Waals surface area (Å²) in [4.78, 5) is 37.6. The highest BCUT2D eigenvalue weighted by molar-refractivity contribution is 7.99. The number of methoxy groups -OCH3 is 1. The SMILES string of the molecule is COC(=O)C(Cc1ccccc1)NC(=O)Nc1ccc(C2OC(CSc3ccccc3C(=O)O)CC(c3ccc(CO)cc3)O2)cc1. The highest BCUT2D eigenvalue weighted by Gasteiger charge is 2.32. The fourth-order valence-corrected chi connectivity index (χ4v) is 6.27. The number of aliphatic hydroxyl groups is 1. The van der Waals surface area contributed by atoms with Crippen LogP contribution in [0.5, 0.6) is 0 Å². The number of rotatable bonds is 12. The van der Waals surface area contributed by atoms with Gasteiger partial charge < -0.3 is 35.1 Å². The number of hydrogen-bond donors (Lipinski definition) is 4. The van der Waals surface area contributed by atoms with E-state index in [0.29, 0.717) is 22.8 Å². The molecule has 1 fully saturated rings. The van der Waals surface area contributed by atoms with Crippen LogP contribution >= 0.6 is 11.8 Å². The van der Waals surface area contributed by atoms with Crippen LogP contribution in [0.25, 0.3) is 0 Å². The number of hydrogen-bond acceptors (Lipinski definition) is 8. The van der Waals surface area contributed by atoms with Crippen LogP contribution in [-0.2, 0) is 32.0 Å². The van der Waals surface area contributed by atoms with Crippen molar-refractivity contribution in [2.24, 2.45) is 0 Å². The van der Waals surface area contributed by atoms with Crippen molar-refractivity contribution in [1.82, 2.24) is 5.32 Å². The molecule has 1 saturated heterocycles. The second-order valence-corrected chi connectivity index (χ2v) is 12.0. The van der Waals surface area contributed by atoms with Crippen molar-refractivity contribution in [1.29, 1.82) is 0 Å². The molecule has 0 radical (unpaired) electrons. The summed E-state index contributed by atoms with van der Waals surface area (Å²) in [5.74, 6) is -1.04. The molecule has 1 aliphatic rings. The van der Waals surface area contributed by atoms with E-state index >= 15 is 0 Å². The van der Waals surface area contributed by atoms with E-state index in [9.17, 15) is 24.6 Å². The Bertz CT molecular complexity index is 1650. The van der Waals surface area contributed by atoms with Gasteiger partial charge in [-0.1, -0.05) is 78.9 Å². The van der Waals surface area contributed by atoms with Crippen LogP contribution in [0.3, 0.4) is 0 Å². The largest absolute Gasteiger partial charge is 0.478 e. The topological polar surface area (TPSA) is 143 Å². The predicted molar refractivity (Wildman–Crippen MR) is 177 cm³/mol. The van der Waals surface area contributed by atoms with Crippen molar-refractivity contribution in [3.63, 3.8) is 0 Å². The normalized spacial score (nSPS) is 18.1. The van der Waals surface area contributed by atoms with Crippen molar-refractivity contribution < 1.29 is 38.8 Å². The number of nitrogens with one attached hydrogen (secondary N) is 2. The smallest absolute Gasteiger partial charge is 0.336 e. The van der Waals surface area contributed by atoms with Crippen LogP contribution in [0.2, 0.25) is 0 Å². The molecule has 4 aromatic carbocycles. The van der Waals surface area contributed by atoms with Crippen LogP contribution in [0, 0.1) is 0 Å². The second-order valence-electron chi connectivity index (χ2n) is 10.9. The average molecular weight is 657 g/mol. The fourth-order valence-electron chi connectivity index (χ4n) is 5.21. The molecular weight excluding hydrogens is 620 g/mol. The van der Waals surface area contributed by atoms with E-state index in [4.69, 9.17) is 14.2 Å². The molecule has 1 aliphatic heterocycles. The molecule has 1 heterocycles. The van der Waals surface area contributed by atoms with Gasteiger partial charge in [0.1, 0.15) is 6.04 Å². The molecule has 0 aromatic heterocycles. The van der Waals surface area contributed by atoms with E-state index in [2.05, 4.69) is 10.6 Å². The zero-order valence-electron chi connectivity index (χ0n) is 25.7. The van der Waals surface area contributed by atoms with Crippen LogP contribution in [0.15, 0.2) is 108 Å². The molecular formula is C36H36N2O8S. The molecule has 47 heavy (non-hydrogen) atoms. The van der Waals surface area contributed by atoms with Gasteiger partial charge in [0.25, 0.3) is 0 Å². The summed E-state index contributed by atoms with van der Waals surface area (Å²) in [5, 5.41) is 24.5. The van der Waals surface area contributed by atoms with Gasteiger partial charge in [-0.3, -0.25) is 0 Å². The maximum atomic E-state index is 12.8. The maximum absolute atomic E-state index is 12.8. The van der Waals surface area contributed by atoms with E-state index in [0.717, 1.165) is 22.3 Å². The molecule has 244 valence electrons. The Morgan fingerprint density at radius 1 is 0.872 bits per heavy atom. The molecule has 0 saturated carbocycles. The number of carbonyl (C=O) groups excluding carboxylic acids is 2. The molecule has 0 aliphatic carbocycles. The molecule has 10 nitrogen and oxygen atoms in total. The van der Waals surface area contributed by atoms with Crippen molar-refractivity contribution >= 4 is 35.4 Å². The lowest BCUT2D eigenvalue weighted by Crippen LogP contribution is -2.45. The fraction of sp³-hybridized carbons (Fsp3) is 0.250. The Morgan fingerprint density at radius 3 is 2.23 bits per heavy atom. The van der Waals surface area contributed by atoms with E-state index < -0.39 is 30.3 Å². The molecule has 4 unspecified atom stereocenters. The number of esters is 1. The first-order chi connectivity index (χ1) is 22.8. The number of carboxylic acid groups (broad SMARTS) is 1. The Hall–Kier alpha value is -4.68. The number of urea groups is 1. The van der Waals surface area contributed by atoms with Crippen LogP contribution in [-0.4, -0.2) is 53.2 Å². The van der Waals surface area contributed by atoms with E-state index in [1.54, 1.807) is 42.5 Å². The van der Waals surface area contributed by atoms with Crippen molar-refractivity contribution in [2.75, 3.05) is 18.2 Å². The summed E-state index contributed by atoms with van der Waals surface area (Å²) in [6.07, 6.45) is -0.496. The Balaban J connectivity index is 1.27. The number of carboxylic acids is 1. The minimum atomic E-state index is -0.986. The van der Waals surface area contributed by atoms with E-state index in [-0.39, 0.29) is 30.8 Å². The van der Waals surface area contributed by atoms with E-state index in [1.165, 1.54) is 18.9 Å². The molecule has 2 amide bonds. The maximum Gasteiger partial charge on any atom is 0.336 e. The number of aromatic carboxylic acids is 1. The van der Waals surface area contributed by atoms with Crippen LogP contribution < -0.4 is 10.6 Å². The summed E-state index contributed by atoms with van der Waals surface area (Å²) in [6.45, 7) is -0.0609. The first-order valence-electron chi connectivity index (χ1n) is 15.1. The molecule has 4 atom stereocenters. The Labute approximate surface area is 277 Å². The van der Waals surface area contributed by atoms with E-state index in [1.807, 2.05) is 60.7 Å². The lowest BCUT2D eigenvalue weighted by Gasteiger charge is -2.36. The van der Waals surface area contributed by atoms with Crippen molar-refractivity contribution in [2.45, 2.75) is 48.9 Å². The standard InChI is InChI=1S/C36H36N2O8S/c1-44-34(42)30(19-23-7-3-2-4-8-23)38-36(43)37-27-17-15-26(16-18-27)35-45-28(22-47-32-10-6-5-9-29(32)33(40)41)20-31(46-35)25-13-11-24(21-39)12-14-25/h2-18,28,30-31,35,39H,19-22H2,1H3,(H,40,41)(H2,37,38,43). The molecule has 0 bridgehead atoms. The minimum absolute atomic E-state index is 0.0609. The minimum Gasteiger partial charge on any atom is -0.478 e. The van der Waals surface area contributed by atoms with Gasteiger partial charge in [0.15, 0.2) is 6.29 Å². The molecule has 4 aromatic rings. The third-order valence-electron chi connectivity index (χ3n) is 7.67. The van der Waals surface area contributed by atoms with Gasteiger partial charge >= 0.3 is 18.0 Å². The highest BCUT2D eigenvalue weighted by atomic mass is 32.2. The van der Waals surface area contributed by atoms with Crippen molar-refractivity contribution in [3.05, 3.63) is 131 Å². The Kier molecular flexibility index (Phi) is 11.6. The first kappa shape index (κ1) is 33.7. The van der Waals surface area contributed by atoms with Crippen LogP contribution in [0.4, 0.5) is 10.5 Å². The number of carbonyl (C=O) groups is 3. The molecule has 0 spiro atoms. The van der Waals surface area contributed by atoms with Gasteiger partial charge in [-0.15, -0.1) is 11.8 Å². The Morgan fingerprint density at radius 2 is 1.55 bits per heavy atom. The van der Waals surface area contributed by atoms with Gasteiger partial charge in [0, 0.05) is 34.7 Å². The third kappa shape index (κ3) is 9.20. The quantitative estimate of drug-likeness (QED) is 0.105. The number of benzene rings is 4. The van der Waals surface area contributed by atoms with Gasteiger partial charge in [0.05, 0.1) is 31.5 Å². The number of aliphatic hydroxyl groups excluding tert-OH is 1. The van der Waals surface area contributed by atoms with Crippen molar-refractivity contribution in [3.8, 4) is 0 Å². The summed E-state index contributed by atoms with van der Waals surface area (Å²) in [6, 6.07) is 29.4. The van der Waals surface area contributed by atoms with Gasteiger partial charge in [-0.25, -0.2) is 14.4 Å². The predicted octanol–water partition coefficient (Wildman–Crippen LogP) is 6.12. The average Bonchev–Trinajstić information content (AvgIpc) is 3.10. The zero-order chi connectivity index (χ0) is 33.2.